The fraction of sp³-hybridized carbons (Fsp3) is 0.429. The molecule has 12 heavy (non-hydrogen) atoms. The highest BCUT2D eigenvalue weighted by atomic mass is 16.2. The van der Waals surface area contributed by atoms with Gasteiger partial charge in [-0.2, -0.15) is 5.10 Å². The number of nitrogen functional groups attached to an aromatic ring is 1. The summed E-state index contributed by atoms with van der Waals surface area (Å²) in [5.41, 5.74) is 2.52. The summed E-state index contributed by atoms with van der Waals surface area (Å²) in [6.07, 6.45) is 3.15. The van der Waals surface area contributed by atoms with E-state index < -0.39 is 0 Å². The van der Waals surface area contributed by atoms with E-state index in [1.165, 1.54) is 6.20 Å². The second-order valence-electron chi connectivity index (χ2n) is 2.78. The number of rotatable bonds is 2. The third-order valence-electron chi connectivity index (χ3n) is 1.52. The van der Waals surface area contributed by atoms with E-state index in [1.54, 1.807) is 10.9 Å². The molecular weight excluding hydrogens is 156 g/mol. The molecule has 1 rings (SSSR count). The van der Waals surface area contributed by atoms with Crippen LogP contribution >= 0.6 is 0 Å². The van der Waals surface area contributed by atoms with Crippen molar-refractivity contribution in [1.29, 1.82) is 0 Å². The molecule has 1 aromatic rings. The number of carbonyl (C=O) groups is 1. The molecule has 5 nitrogen and oxygen atoms in total. The normalized spacial score (nSPS) is 10.3. The van der Waals surface area contributed by atoms with Crippen molar-refractivity contribution in [2.75, 3.05) is 0 Å². The van der Waals surface area contributed by atoms with Crippen molar-refractivity contribution in [3.8, 4) is 0 Å². The number of hydrazine groups is 1. The minimum atomic E-state index is -0.318. The zero-order chi connectivity index (χ0) is 9.14. The minimum Gasteiger partial charge on any atom is -0.290 e. The van der Waals surface area contributed by atoms with Gasteiger partial charge >= 0.3 is 0 Å². The van der Waals surface area contributed by atoms with Gasteiger partial charge in [0.05, 0.1) is 11.8 Å². The van der Waals surface area contributed by atoms with Gasteiger partial charge in [-0.1, -0.05) is 0 Å². The van der Waals surface area contributed by atoms with E-state index in [0.29, 0.717) is 5.56 Å². The van der Waals surface area contributed by atoms with Crippen molar-refractivity contribution in [3.05, 3.63) is 18.0 Å². The number of carbonyl (C=O) groups excluding carboxylic acids is 1. The fourth-order valence-corrected chi connectivity index (χ4v) is 0.821. The predicted molar refractivity (Wildman–Crippen MR) is 44.3 cm³/mol. The SMILES string of the molecule is CC(C)n1cc(C(=O)NN)cn1. The molecule has 0 aliphatic heterocycles. The Kier molecular flexibility index (Phi) is 2.44. The Bertz CT molecular complexity index is 279. The Hall–Kier alpha value is -1.36. The average Bonchev–Trinajstić information content (AvgIpc) is 2.51. The van der Waals surface area contributed by atoms with Crippen LogP contribution in [0, 0.1) is 0 Å². The summed E-state index contributed by atoms with van der Waals surface area (Å²) in [6.45, 7) is 3.97. The maximum Gasteiger partial charge on any atom is 0.268 e. The van der Waals surface area contributed by atoms with E-state index in [-0.39, 0.29) is 11.9 Å². The molecule has 3 N–H and O–H groups in total. The molecule has 0 spiro atoms. The van der Waals surface area contributed by atoms with Gasteiger partial charge in [-0.15, -0.1) is 0 Å². The maximum absolute atomic E-state index is 11.0. The van der Waals surface area contributed by atoms with Crippen LogP contribution in [0.2, 0.25) is 0 Å². The maximum atomic E-state index is 11.0. The zero-order valence-corrected chi connectivity index (χ0v) is 7.11. The van der Waals surface area contributed by atoms with Gasteiger partial charge in [0.2, 0.25) is 0 Å². The molecule has 0 atom stereocenters. The molecule has 1 aromatic heterocycles. The minimum absolute atomic E-state index is 0.254. The lowest BCUT2D eigenvalue weighted by Crippen LogP contribution is -2.29. The summed E-state index contributed by atoms with van der Waals surface area (Å²) in [7, 11) is 0. The molecule has 0 saturated carbocycles. The highest BCUT2D eigenvalue weighted by Gasteiger charge is 2.07. The monoisotopic (exact) mass is 168 g/mol. The van der Waals surface area contributed by atoms with Gasteiger partial charge in [-0.25, -0.2) is 5.84 Å². The second-order valence-corrected chi connectivity index (χ2v) is 2.78. The molecule has 0 unspecified atom stereocenters. The Labute approximate surface area is 70.5 Å². The number of nitrogens with two attached hydrogens (primary N) is 1. The number of hydrogen-bond donors (Lipinski definition) is 2. The number of nitrogens with zero attached hydrogens (tertiary/aromatic N) is 2. The summed E-state index contributed by atoms with van der Waals surface area (Å²) in [5.74, 6) is 4.64. The van der Waals surface area contributed by atoms with E-state index >= 15 is 0 Å². The fourth-order valence-electron chi connectivity index (χ4n) is 0.821. The molecule has 66 valence electrons. The number of amides is 1. The van der Waals surface area contributed by atoms with Crippen LogP contribution < -0.4 is 11.3 Å². The predicted octanol–water partition coefficient (Wildman–Crippen LogP) is 0.0675. The first-order valence-corrected chi connectivity index (χ1v) is 3.70. The van der Waals surface area contributed by atoms with Crippen LogP contribution in [-0.2, 0) is 0 Å². The van der Waals surface area contributed by atoms with Crippen LogP contribution in [0.1, 0.15) is 30.2 Å². The van der Waals surface area contributed by atoms with Crippen molar-refractivity contribution >= 4 is 5.91 Å². The summed E-state index contributed by atoms with van der Waals surface area (Å²) < 4.78 is 1.70. The first kappa shape index (κ1) is 8.73. The van der Waals surface area contributed by atoms with Gasteiger partial charge in [0.25, 0.3) is 5.91 Å². The lowest BCUT2D eigenvalue weighted by Gasteiger charge is -2.02. The first-order valence-electron chi connectivity index (χ1n) is 3.70. The van der Waals surface area contributed by atoms with Crippen molar-refractivity contribution in [2.45, 2.75) is 19.9 Å². The quantitative estimate of drug-likeness (QED) is 0.373. The topological polar surface area (TPSA) is 72.9 Å². The Morgan fingerprint density at radius 1 is 1.75 bits per heavy atom. The van der Waals surface area contributed by atoms with E-state index in [1.807, 2.05) is 19.3 Å². The van der Waals surface area contributed by atoms with Gasteiger partial charge in [0.15, 0.2) is 0 Å². The summed E-state index contributed by atoms with van der Waals surface area (Å²) in [4.78, 5) is 11.0. The second kappa shape index (κ2) is 3.36. The van der Waals surface area contributed by atoms with Crippen molar-refractivity contribution in [2.24, 2.45) is 5.84 Å². The summed E-state index contributed by atoms with van der Waals surface area (Å²) in [5, 5.41) is 3.98. The standard InChI is InChI=1S/C7H12N4O/c1-5(2)11-4-6(3-9-11)7(12)10-8/h3-5H,8H2,1-2H3,(H,10,12). The van der Waals surface area contributed by atoms with Crippen molar-refractivity contribution in [1.82, 2.24) is 15.2 Å². The lowest BCUT2D eigenvalue weighted by molar-refractivity contribution is 0.0953. The van der Waals surface area contributed by atoms with Gasteiger partial charge in [-0.05, 0) is 13.8 Å². The Balaban J connectivity index is 2.84. The number of nitrogens with one attached hydrogen (secondary N) is 1. The molecular formula is C7H12N4O. The molecule has 0 fully saturated rings. The third-order valence-corrected chi connectivity index (χ3v) is 1.52. The molecule has 0 radical (unpaired) electrons. The third kappa shape index (κ3) is 1.62. The summed E-state index contributed by atoms with van der Waals surface area (Å²) >= 11 is 0. The van der Waals surface area contributed by atoms with Crippen molar-refractivity contribution < 1.29 is 4.79 Å². The smallest absolute Gasteiger partial charge is 0.268 e. The van der Waals surface area contributed by atoms with Crippen molar-refractivity contribution in [3.63, 3.8) is 0 Å². The van der Waals surface area contributed by atoms with Crippen LogP contribution in [0.15, 0.2) is 12.4 Å². The molecule has 0 aliphatic carbocycles. The molecule has 0 saturated heterocycles. The molecule has 0 bridgehead atoms. The summed E-state index contributed by atoms with van der Waals surface area (Å²) in [6, 6.07) is 0.254. The Morgan fingerprint density at radius 2 is 2.42 bits per heavy atom. The van der Waals surface area contributed by atoms with Crippen LogP contribution in [0.5, 0.6) is 0 Å². The molecule has 0 aromatic carbocycles. The van der Waals surface area contributed by atoms with Crippen LogP contribution in [0.3, 0.4) is 0 Å². The highest BCUT2D eigenvalue weighted by molar-refractivity contribution is 5.93. The van der Waals surface area contributed by atoms with Crippen LogP contribution in [-0.4, -0.2) is 15.7 Å². The zero-order valence-electron chi connectivity index (χ0n) is 7.11. The van der Waals surface area contributed by atoms with Crippen LogP contribution in [0.25, 0.3) is 0 Å². The lowest BCUT2D eigenvalue weighted by atomic mass is 10.3. The van der Waals surface area contributed by atoms with Gasteiger partial charge in [0.1, 0.15) is 0 Å². The van der Waals surface area contributed by atoms with E-state index in [4.69, 9.17) is 5.84 Å². The Morgan fingerprint density at radius 3 is 2.83 bits per heavy atom. The molecule has 0 aliphatic rings. The number of hydrogen-bond acceptors (Lipinski definition) is 3. The highest BCUT2D eigenvalue weighted by Crippen LogP contribution is 2.04. The van der Waals surface area contributed by atoms with E-state index in [0.717, 1.165) is 0 Å². The number of aromatic nitrogens is 2. The van der Waals surface area contributed by atoms with Crippen LogP contribution in [0.4, 0.5) is 0 Å². The van der Waals surface area contributed by atoms with Gasteiger partial charge < -0.3 is 0 Å². The molecule has 5 heteroatoms. The first-order chi connectivity index (χ1) is 5.65. The van der Waals surface area contributed by atoms with Gasteiger partial charge in [-0.3, -0.25) is 14.9 Å². The average molecular weight is 168 g/mol. The van der Waals surface area contributed by atoms with Gasteiger partial charge in [0, 0.05) is 12.2 Å². The van der Waals surface area contributed by atoms with E-state index in [9.17, 15) is 4.79 Å². The van der Waals surface area contributed by atoms with E-state index in [2.05, 4.69) is 5.10 Å². The molecule has 1 amide bonds. The molecule has 1 heterocycles. The largest absolute Gasteiger partial charge is 0.290 e.